The monoisotopic (exact) mass is 347 g/mol. The van der Waals surface area contributed by atoms with Crippen LogP contribution in [0.2, 0.25) is 0 Å². The Morgan fingerprint density at radius 2 is 2.22 bits per heavy atom. The third-order valence-electron chi connectivity index (χ3n) is 3.54. The van der Waals surface area contributed by atoms with Crippen molar-refractivity contribution in [3.63, 3.8) is 0 Å². The van der Waals surface area contributed by atoms with Gasteiger partial charge in [0, 0.05) is 6.42 Å². The summed E-state index contributed by atoms with van der Waals surface area (Å²) in [6, 6.07) is 0. The lowest BCUT2D eigenvalue weighted by molar-refractivity contribution is -0.0622. The third-order valence-corrected chi connectivity index (χ3v) is 4.52. The van der Waals surface area contributed by atoms with E-state index < -0.39 is 37.4 Å². The zero-order valence-electron chi connectivity index (χ0n) is 11.5. The van der Waals surface area contributed by atoms with Crippen molar-refractivity contribution < 1.29 is 29.3 Å². The molecule has 1 aliphatic rings. The molecule has 3 rings (SSSR count). The van der Waals surface area contributed by atoms with Crippen molar-refractivity contribution in [3.8, 4) is 0 Å². The van der Waals surface area contributed by atoms with Crippen LogP contribution >= 0.6 is 7.60 Å². The normalized spacial score (nSPS) is 26.7. The second kappa shape index (κ2) is 5.37. The summed E-state index contributed by atoms with van der Waals surface area (Å²) in [5.41, 5.74) is 5.00. The molecule has 1 unspecified atom stereocenters. The molecule has 4 atom stereocenters. The Morgan fingerprint density at radius 1 is 1.52 bits per heavy atom. The van der Waals surface area contributed by atoms with E-state index in [0.717, 1.165) is 0 Å². The summed E-state index contributed by atoms with van der Waals surface area (Å²) in [4.78, 5) is 39.8. The van der Waals surface area contributed by atoms with Crippen molar-refractivity contribution in [2.45, 2.75) is 30.7 Å². The number of fused-ring (bicyclic) bond motifs is 1. The number of hydrogen-bond acceptors (Lipinski definition) is 8. The van der Waals surface area contributed by atoms with Crippen LogP contribution < -0.4 is 11.3 Å². The minimum absolute atomic E-state index is 0.00345. The SMILES string of the molecule is Nc1nc2c(ncn2[C@H]2C[C@H](O)[C@@H](C(O)P(=O)(O)O)O2)c(=O)[nH]1. The highest BCUT2D eigenvalue weighted by Gasteiger charge is 2.46. The highest BCUT2D eigenvalue weighted by atomic mass is 31.2. The lowest BCUT2D eigenvalue weighted by Crippen LogP contribution is -2.34. The van der Waals surface area contributed by atoms with Crippen molar-refractivity contribution >= 4 is 24.7 Å². The first kappa shape index (κ1) is 16.1. The molecular formula is C10H14N5O7P. The van der Waals surface area contributed by atoms with E-state index in [0.29, 0.717) is 0 Å². The largest absolute Gasteiger partial charge is 0.390 e. The lowest BCUT2D eigenvalue weighted by atomic mass is 10.2. The van der Waals surface area contributed by atoms with E-state index in [9.17, 15) is 19.6 Å². The number of aliphatic hydroxyl groups is 2. The molecule has 13 heteroatoms. The van der Waals surface area contributed by atoms with Crippen LogP contribution in [0.1, 0.15) is 12.6 Å². The summed E-state index contributed by atoms with van der Waals surface area (Å²) in [6.45, 7) is 0. The number of nitrogen functional groups attached to an aromatic ring is 1. The first-order chi connectivity index (χ1) is 10.7. The molecule has 0 saturated carbocycles. The highest BCUT2D eigenvalue weighted by Crippen LogP contribution is 2.46. The average molecular weight is 347 g/mol. The Bertz CT molecular complexity index is 844. The van der Waals surface area contributed by atoms with Gasteiger partial charge in [0.05, 0.1) is 12.4 Å². The van der Waals surface area contributed by atoms with Gasteiger partial charge in [0.25, 0.3) is 5.56 Å². The molecule has 0 radical (unpaired) electrons. The third kappa shape index (κ3) is 2.76. The topological polar surface area (TPSA) is 197 Å². The molecule has 1 saturated heterocycles. The zero-order valence-corrected chi connectivity index (χ0v) is 12.4. The molecule has 0 aromatic carbocycles. The summed E-state index contributed by atoms with van der Waals surface area (Å²) in [5, 5.41) is 19.5. The van der Waals surface area contributed by atoms with Gasteiger partial charge in [-0.15, -0.1) is 0 Å². The van der Waals surface area contributed by atoms with Gasteiger partial charge in [-0.25, -0.2) is 4.98 Å². The van der Waals surface area contributed by atoms with Gasteiger partial charge in [0.1, 0.15) is 12.3 Å². The van der Waals surface area contributed by atoms with E-state index in [-0.39, 0.29) is 23.5 Å². The molecule has 0 bridgehead atoms. The number of nitrogens with zero attached hydrogens (tertiary/aromatic N) is 3. The van der Waals surface area contributed by atoms with E-state index in [2.05, 4.69) is 15.0 Å². The van der Waals surface area contributed by atoms with Gasteiger partial charge in [0.2, 0.25) is 5.95 Å². The number of H-pyrrole nitrogens is 1. The van der Waals surface area contributed by atoms with Gasteiger partial charge in [0.15, 0.2) is 17.0 Å². The first-order valence-electron chi connectivity index (χ1n) is 6.47. The Balaban J connectivity index is 1.96. The molecule has 1 aliphatic heterocycles. The molecule has 126 valence electrons. The van der Waals surface area contributed by atoms with Crippen LogP contribution in [0.3, 0.4) is 0 Å². The molecule has 0 aliphatic carbocycles. The molecule has 2 aromatic rings. The molecule has 7 N–H and O–H groups in total. The van der Waals surface area contributed by atoms with Gasteiger partial charge in [-0.3, -0.25) is 18.9 Å². The summed E-state index contributed by atoms with van der Waals surface area (Å²) in [5.74, 6) is -2.31. The average Bonchev–Trinajstić information content (AvgIpc) is 3.00. The predicted molar refractivity (Wildman–Crippen MR) is 75.1 cm³/mol. The number of aromatic nitrogens is 4. The number of nitrogens with two attached hydrogens (primary N) is 1. The molecule has 12 nitrogen and oxygen atoms in total. The van der Waals surface area contributed by atoms with Crippen LogP contribution in [0.5, 0.6) is 0 Å². The Labute approximate surface area is 127 Å². The maximum absolute atomic E-state index is 11.7. The molecular weight excluding hydrogens is 333 g/mol. The van der Waals surface area contributed by atoms with E-state index >= 15 is 0 Å². The van der Waals surface area contributed by atoms with Crippen molar-refractivity contribution in [2.24, 2.45) is 0 Å². The van der Waals surface area contributed by atoms with E-state index in [4.69, 9.17) is 20.3 Å². The predicted octanol–water partition coefficient (Wildman–Crippen LogP) is -2.15. The first-order valence-corrected chi connectivity index (χ1v) is 8.16. The summed E-state index contributed by atoms with van der Waals surface area (Å²) in [7, 11) is -4.86. The van der Waals surface area contributed by atoms with Crippen LogP contribution in [-0.4, -0.2) is 57.6 Å². The van der Waals surface area contributed by atoms with Crippen LogP contribution in [0.15, 0.2) is 11.1 Å². The van der Waals surface area contributed by atoms with E-state index in [1.165, 1.54) is 10.9 Å². The zero-order chi connectivity index (χ0) is 16.9. The quantitative estimate of drug-likeness (QED) is 0.333. The van der Waals surface area contributed by atoms with Gasteiger partial charge in [-0.2, -0.15) is 4.98 Å². The second-order valence-corrected chi connectivity index (χ2v) is 6.84. The summed E-state index contributed by atoms with van der Waals surface area (Å²) < 4.78 is 17.8. The Hall–Kier alpha value is -1.82. The maximum atomic E-state index is 11.7. The minimum atomic E-state index is -4.86. The second-order valence-electron chi connectivity index (χ2n) is 5.14. The molecule has 3 heterocycles. The molecule has 1 fully saturated rings. The molecule has 0 spiro atoms. The maximum Gasteiger partial charge on any atom is 0.356 e. The van der Waals surface area contributed by atoms with E-state index in [1.54, 1.807) is 0 Å². The van der Waals surface area contributed by atoms with Crippen LogP contribution in [0.4, 0.5) is 5.95 Å². The van der Waals surface area contributed by atoms with E-state index in [1.807, 2.05) is 0 Å². The van der Waals surface area contributed by atoms with Gasteiger partial charge in [-0.05, 0) is 0 Å². The number of nitrogens with one attached hydrogen (secondary N) is 1. The lowest BCUT2D eigenvalue weighted by Gasteiger charge is -2.21. The van der Waals surface area contributed by atoms with Crippen molar-refractivity contribution in [2.75, 3.05) is 5.73 Å². The Morgan fingerprint density at radius 3 is 2.87 bits per heavy atom. The van der Waals surface area contributed by atoms with Crippen molar-refractivity contribution in [1.29, 1.82) is 0 Å². The number of imidazole rings is 1. The molecule has 23 heavy (non-hydrogen) atoms. The fraction of sp³-hybridized carbons (Fsp3) is 0.500. The fourth-order valence-electron chi connectivity index (χ4n) is 2.46. The van der Waals surface area contributed by atoms with Gasteiger partial charge >= 0.3 is 7.60 Å². The van der Waals surface area contributed by atoms with Crippen molar-refractivity contribution in [3.05, 3.63) is 16.7 Å². The Kier molecular flexibility index (Phi) is 3.75. The number of rotatable bonds is 3. The van der Waals surface area contributed by atoms with Crippen LogP contribution in [0.25, 0.3) is 11.2 Å². The number of aliphatic hydroxyl groups excluding tert-OH is 2. The minimum Gasteiger partial charge on any atom is -0.390 e. The number of ether oxygens (including phenoxy) is 1. The smallest absolute Gasteiger partial charge is 0.356 e. The fourth-order valence-corrected chi connectivity index (χ4v) is 3.11. The van der Waals surface area contributed by atoms with Crippen molar-refractivity contribution in [1.82, 2.24) is 19.5 Å². The summed E-state index contributed by atoms with van der Waals surface area (Å²) >= 11 is 0. The number of aromatic amines is 1. The highest BCUT2D eigenvalue weighted by molar-refractivity contribution is 7.52. The molecule has 2 aromatic heterocycles. The van der Waals surface area contributed by atoms with Gasteiger partial charge in [-0.1, -0.05) is 0 Å². The van der Waals surface area contributed by atoms with Crippen LogP contribution in [-0.2, 0) is 9.30 Å². The molecule has 0 amide bonds. The summed E-state index contributed by atoms with van der Waals surface area (Å²) in [6.07, 6.45) is -2.58. The number of hydrogen-bond donors (Lipinski definition) is 6. The van der Waals surface area contributed by atoms with Gasteiger partial charge < -0.3 is 30.5 Å². The van der Waals surface area contributed by atoms with Crippen LogP contribution in [0, 0.1) is 0 Å². The standard InChI is InChI=1S/C10H14N5O7P/c11-10-13-7-5(8(17)14-10)12-2-15(7)4-1-3(16)6(22-4)9(18)23(19,20)21/h2-4,6,9,16,18H,1H2,(H2,19,20,21)(H3,11,13,14,17)/t3-,4+,6-,9?/m0/s1. The number of anilines is 1.